The quantitative estimate of drug-likeness (QED) is 0.764. The van der Waals surface area contributed by atoms with E-state index in [1.807, 2.05) is 25.2 Å². The van der Waals surface area contributed by atoms with Crippen LogP contribution in [0.25, 0.3) is 0 Å². The minimum atomic E-state index is -0.842. The Hall–Kier alpha value is -2.72. The number of fused-ring (bicyclic) bond motifs is 1. The van der Waals surface area contributed by atoms with Gasteiger partial charge in [0, 0.05) is 18.7 Å². The number of carbonyl (C=O) groups excluding carboxylic acids is 2. The van der Waals surface area contributed by atoms with Gasteiger partial charge >= 0.3 is 0 Å². The molecule has 2 amide bonds. The first-order valence-corrected chi connectivity index (χ1v) is 11.4. The number of likely N-dealkylation sites (tertiary alicyclic amines) is 1. The number of nitrogens with one attached hydrogen (secondary N) is 2. The predicted octanol–water partition coefficient (Wildman–Crippen LogP) is 2.62. The lowest BCUT2D eigenvalue weighted by atomic mass is 9.84. The Labute approximate surface area is 183 Å². The molecule has 3 aliphatic rings. The van der Waals surface area contributed by atoms with E-state index >= 15 is 0 Å². The van der Waals surface area contributed by atoms with Gasteiger partial charge in [-0.15, -0.1) is 0 Å². The highest BCUT2D eigenvalue weighted by Gasteiger charge is 2.38. The molecule has 0 aromatic heterocycles. The van der Waals surface area contributed by atoms with Crippen molar-refractivity contribution >= 4 is 17.6 Å². The Bertz CT molecular complexity index is 905. The van der Waals surface area contributed by atoms with E-state index in [0.29, 0.717) is 36.6 Å². The summed E-state index contributed by atoms with van der Waals surface area (Å²) in [6.07, 6.45) is 7.69. The summed E-state index contributed by atoms with van der Waals surface area (Å²) in [5.41, 5.74) is 0.482. The molecular weight excluding hydrogens is 390 g/mol. The number of benzene rings is 1. The van der Waals surface area contributed by atoms with Crippen molar-refractivity contribution < 1.29 is 9.59 Å². The summed E-state index contributed by atoms with van der Waals surface area (Å²) in [4.78, 5) is 32.7. The molecule has 0 radical (unpaired) electrons. The minimum Gasteiger partial charge on any atom is -0.336 e. The Kier molecular flexibility index (Phi) is 6.38. The molecule has 31 heavy (non-hydrogen) atoms. The molecule has 164 valence electrons. The van der Waals surface area contributed by atoms with E-state index < -0.39 is 11.6 Å². The highest BCUT2D eigenvalue weighted by atomic mass is 16.2. The average molecular weight is 422 g/mol. The lowest BCUT2D eigenvalue weighted by molar-refractivity contribution is -0.124. The lowest BCUT2D eigenvalue weighted by Gasteiger charge is -2.37. The molecule has 0 bridgehead atoms. The highest BCUT2D eigenvalue weighted by Crippen LogP contribution is 2.29. The van der Waals surface area contributed by atoms with Crippen molar-refractivity contribution in [2.75, 3.05) is 20.1 Å². The molecule has 1 atom stereocenters. The summed E-state index contributed by atoms with van der Waals surface area (Å²) >= 11 is 0. The molecule has 1 aromatic rings. The summed E-state index contributed by atoms with van der Waals surface area (Å²) in [5.74, 6) is 0.514. The third-order valence-electron chi connectivity index (χ3n) is 6.94. The van der Waals surface area contributed by atoms with Gasteiger partial charge < -0.3 is 15.5 Å². The Morgan fingerprint density at radius 1 is 1.26 bits per heavy atom. The molecule has 1 aromatic carbocycles. The van der Waals surface area contributed by atoms with E-state index in [0.717, 1.165) is 31.5 Å². The molecule has 1 saturated carbocycles. The molecule has 1 aliphatic carbocycles. The summed E-state index contributed by atoms with van der Waals surface area (Å²) < 4.78 is 0. The Morgan fingerprint density at radius 2 is 1.94 bits per heavy atom. The molecule has 2 aliphatic heterocycles. The molecule has 7 heteroatoms. The normalized spacial score (nSPS) is 23.6. The zero-order chi connectivity index (χ0) is 21.8. The van der Waals surface area contributed by atoms with Crippen LogP contribution in [0.5, 0.6) is 0 Å². The van der Waals surface area contributed by atoms with Crippen LogP contribution in [0.1, 0.15) is 67.3 Å². The second-order valence-electron chi connectivity index (χ2n) is 9.22. The van der Waals surface area contributed by atoms with Gasteiger partial charge in [-0.05, 0) is 38.3 Å². The van der Waals surface area contributed by atoms with Gasteiger partial charge in [0.2, 0.25) is 5.91 Å². The highest BCUT2D eigenvalue weighted by molar-refractivity contribution is 6.23. The van der Waals surface area contributed by atoms with Crippen LogP contribution < -0.4 is 10.6 Å². The van der Waals surface area contributed by atoms with Crippen LogP contribution in [0.15, 0.2) is 29.3 Å². The number of aliphatic imine (C=N–C) groups is 1. The van der Waals surface area contributed by atoms with Crippen molar-refractivity contribution in [2.45, 2.75) is 62.9 Å². The van der Waals surface area contributed by atoms with E-state index in [4.69, 9.17) is 4.99 Å². The van der Waals surface area contributed by atoms with Crippen LogP contribution in [0.4, 0.5) is 0 Å². The second kappa shape index (κ2) is 9.19. The van der Waals surface area contributed by atoms with Gasteiger partial charge in [0.15, 0.2) is 0 Å². The maximum atomic E-state index is 13.4. The van der Waals surface area contributed by atoms with Gasteiger partial charge in [-0.25, -0.2) is 0 Å². The zero-order valence-corrected chi connectivity index (χ0v) is 18.2. The molecule has 2 fully saturated rings. The number of carbonyl (C=O) groups is 2. The van der Waals surface area contributed by atoms with E-state index in [1.54, 1.807) is 6.07 Å². The first kappa shape index (κ1) is 21.5. The molecule has 4 rings (SSSR count). The largest absolute Gasteiger partial charge is 0.336 e. The van der Waals surface area contributed by atoms with Gasteiger partial charge in [-0.1, -0.05) is 50.3 Å². The third kappa shape index (κ3) is 4.80. The first-order chi connectivity index (χ1) is 15.0. The fraction of sp³-hybridized carbons (Fsp3) is 0.583. The summed E-state index contributed by atoms with van der Waals surface area (Å²) in [6, 6.07) is 9.07. The zero-order valence-electron chi connectivity index (χ0n) is 18.2. The number of amidine groups is 1. The number of hydrogen-bond donors (Lipinski definition) is 2. The predicted molar refractivity (Wildman–Crippen MR) is 119 cm³/mol. The molecule has 2 N–H and O–H groups in total. The van der Waals surface area contributed by atoms with Crippen molar-refractivity contribution in [1.29, 1.82) is 5.26 Å². The average Bonchev–Trinajstić information content (AvgIpc) is 3.11. The third-order valence-corrected chi connectivity index (χ3v) is 6.94. The Morgan fingerprint density at radius 3 is 2.61 bits per heavy atom. The van der Waals surface area contributed by atoms with Crippen LogP contribution in [-0.4, -0.2) is 54.3 Å². The molecule has 0 spiro atoms. The topological polar surface area (TPSA) is 97.6 Å². The van der Waals surface area contributed by atoms with E-state index in [1.165, 1.54) is 19.3 Å². The number of hydrogen-bond acceptors (Lipinski definition) is 5. The number of nitriles is 1. The van der Waals surface area contributed by atoms with Crippen LogP contribution in [0, 0.1) is 17.2 Å². The molecule has 1 saturated heterocycles. The van der Waals surface area contributed by atoms with Crippen molar-refractivity contribution in [3.63, 3.8) is 0 Å². The van der Waals surface area contributed by atoms with Crippen molar-refractivity contribution in [1.82, 2.24) is 15.5 Å². The van der Waals surface area contributed by atoms with Crippen molar-refractivity contribution in [3.05, 3.63) is 35.4 Å². The first-order valence-electron chi connectivity index (χ1n) is 11.4. The smallest absolute Gasteiger partial charge is 0.257 e. The van der Waals surface area contributed by atoms with Gasteiger partial charge in [0.25, 0.3) is 5.91 Å². The van der Waals surface area contributed by atoms with E-state index in [-0.39, 0.29) is 11.8 Å². The second-order valence-corrected chi connectivity index (χ2v) is 9.22. The standard InChI is InChI=1S/C24H31N5O2/c1-29-13-11-24(16-25,12-14-29)28-23(31)20(15-17-7-3-2-4-8-17)26-21-18-9-5-6-10-19(18)22(30)27-21/h5-6,9-10,17,20H,2-4,7-8,11-15H2,1H3,(H,28,31)(H,26,27,30). The summed E-state index contributed by atoms with van der Waals surface area (Å²) in [7, 11) is 2.03. The van der Waals surface area contributed by atoms with Crippen LogP contribution in [-0.2, 0) is 4.79 Å². The molecule has 1 unspecified atom stereocenters. The number of amides is 2. The monoisotopic (exact) mass is 421 g/mol. The summed E-state index contributed by atoms with van der Waals surface area (Å²) in [6.45, 7) is 1.55. The maximum Gasteiger partial charge on any atom is 0.257 e. The van der Waals surface area contributed by atoms with Gasteiger partial charge in [-0.2, -0.15) is 5.26 Å². The Balaban J connectivity index is 1.58. The van der Waals surface area contributed by atoms with Crippen LogP contribution >= 0.6 is 0 Å². The van der Waals surface area contributed by atoms with E-state index in [2.05, 4.69) is 21.6 Å². The number of rotatable bonds is 5. The molecule has 7 nitrogen and oxygen atoms in total. The molecule has 2 heterocycles. The maximum absolute atomic E-state index is 13.4. The number of nitrogens with zero attached hydrogens (tertiary/aromatic N) is 3. The van der Waals surface area contributed by atoms with Gasteiger partial charge in [0.1, 0.15) is 17.4 Å². The van der Waals surface area contributed by atoms with Gasteiger partial charge in [-0.3, -0.25) is 14.6 Å². The minimum absolute atomic E-state index is 0.185. The fourth-order valence-electron chi connectivity index (χ4n) is 4.93. The van der Waals surface area contributed by atoms with Gasteiger partial charge in [0.05, 0.1) is 11.6 Å². The van der Waals surface area contributed by atoms with E-state index in [9.17, 15) is 14.9 Å². The van der Waals surface area contributed by atoms with Crippen molar-refractivity contribution in [3.8, 4) is 6.07 Å². The fourth-order valence-corrected chi connectivity index (χ4v) is 4.93. The number of piperidine rings is 1. The summed E-state index contributed by atoms with van der Waals surface area (Å²) in [5, 5.41) is 15.7. The molecular formula is C24H31N5O2. The van der Waals surface area contributed by atoms with Crippen LogP contribution in [0.2, 0.25) is 0 Å². The lowest BCUT2D eigenvalue weighted by Crippen LogP contribution is -2.56. The van der Waals surface area contributed by atoms with Crippen molar-refractivity contribution in [2.24, 2.45) is 10.9 Å². The van der Waals surface area contributed by atoms with Crippen LogP contribution in [0.3, 0.4) is 0 Å². The SMILES string of the molecule is CN1CCC(C#N)(NC(=O)C(CC2CCCCC2)N=C2NC(=O)c3ccccc32)CC1.